The fraction of sp³-hybridized carbons (Fsp3) is 0.389. The summed E-state index contributed by atoms with van der Waals surface area (Å²) in [4.78, 5) is 4.39. The largest absolute Gasteiger partial charge is 0.376 e. The Morgan fingerprint density at radius 3 is 2.70 bits per heavy atom. The molecular weight excluding hydrogens is 244 g/mol. The summed E-state index contributed by atoms with van der Waals surface area (Å²) in [7, 11) is 0. The van der Waals surface area contributed by atoms with Gasteiger partial charge in [-0.15, -0.1) is 0 Å². The van der Waals surface area contributed by atoms with Crippen LogP contribution in [-0.4, -0.2) is 4.98 Å². The number of anilines is 1. The molecule has 1 heterocycles. The number of aromatic nitrogens is 1. The Kier molecular flexibility index (Phi) is 3.25. The number of hydrogen-bond donors (Lipinski definition) is 1. The summed E-state index contributed by atoms with van der Waals surface area (Å²) >= 11 is 0. The van der Waals surface area contributed by atoms with E-state index in [0.29, 0.717) is 6.04 Å². The fourth-order valence-corrected chi connectivity index (χ4v) is 3.06. The zero-order valence-electron chi connectivity index (χ0n) is 12.5. The monoisotopic (exact) mass is 266 g/mol. The molecule has 1 aromatic heterocycles. The van der Waals surface area contributed by atoms with E-state index in [-0.39, 0.29) is 5.41 Å². The van der Waals surface area contributed by atoms with Crippen LogP contribution in [0, 0.1) is 12.3 Å². The molecular formula is C18H22N2. The average molecular weight is 266 g/mol. The van der Waals surface area contributed by atoms with E-state index in [0.717, 1.165) is 11.4 Å². The Morgan fingerprint density at radius 2 is 1.95 bits per heavy atom. The smallest absolute Gasteiger partial charge is 0.0568 e. The van der Waals surface area contributed by atoms with Gasteiger partial charge in [0.05, 0.1) is 17.9 Å². The lowest BCUT2D eigenvalue weighted by Gasteiger charge is -2.41. The van der Waals surface area contributed by atoms with Crippen molar-refractivity contribution < 1.29 is 0 Å². The summed E-state index contributed by atoms with van der Waals surface area (Å²) in [6, 6.07) is 13.3. The Labute approximate surface area is 121 Å². The van der Waals surface area contributed by atoms with E-state index < -0.39 is 0 Å². The molecule has 2 aromatic rings. The normalized spacial score (nSPS) is 20.2. The molecule has 2 nitrogen and oxygen atoms in total. The van der Waals surface area contributed by atoms with Gasteiger partial charge >= 0.3 is 0 Å². The first kappa shape index (κ1) is 13.2. The second-order valence-electron chi connectivity index (χ2n) is 6.45. The highest BCUT2D eigenvalue weighted by atomic mass is 15.0. The molecule has 0 saturated carbocycles. The van der Waals surface area contributed by atoms with Crippen molar-refractivity contribution in [3.05, 3.63) is 59.4 Å². The fourth-order valence-electron chi connectivity index (χ4n) is 3.06. The highest BCUT2D eigenvalue weighted by molar-refractivity contribution is 5.47. The first-order valence-corrected chi connectivity index (χ1v) is 7.33. The molecule has 3 rings (SSSR count). The van der Waals surface area contributed by atoms with Gasteiger partial charge in [0.1, 0.15) is 0 Å². The van der Waals surface area contributed by atoms with Crippen LogP contribution < -0.4 is 5.32 Å². The van der Waals surface area contributed by atoms with Crippen LogP contribution >= 0.6 is 0 Å². The van der Waals surface area contributed by atoms with Crippen LogP contribution in [0.4, 0.5) is 5.69 Å². The molecule has 1 unspecified atom stereocenters. The van der Waals surface area contributed by atoms with Gasteiger partial charge in [0.15, 0.2) is 0 Å². The highest BCUT2D eigenvalue weighted by Gasteiger charge is 2.35. The van der Waals surface area contributed by atoms with Crippen LogP contribution in [-0.2, 0) is 6.42 Å². The second-order valence-corrected chi connectivity index (χ2v) is 6.45. The van der Waals surface area contributed by atoms with Gasteiger partial charge in [-0.05, 0) is 48.4 Å². The summed E-state index contributed by atoms with van der Waals surface area (Å²) in [5, 5.41) is 3.69. The summed E-state index contributed by atoms with van der Waals surface area (Å²) in [5.74, 6) is 0. The lowest BCUT2D eigenvalue weighted by Crippen LogP contribution is -2.33. The zero-order valence-corrected chi connectivity index (χ0v) is 12.5. The van der Waals surface area contributed by atoms with Gasteiger partial charge < -0.3 is 5.32 Å². The molecule has 2 heteroatoms. The van der Waals surface area contributed by atoms with Gasteiger partial charge in [0.2, 0.25) is 0 Å². The Bertz CT molecular complexity index is 599. The molecule has 1 aliphatic rings. The highest BCUT2D eigenvalue weighted by Crippen LogP contribution is 2.45. The van der Waals surface area contributed by atoms with Gasteiger partial charge in [-0.1, -0.05) is 38.1 Å². The molecule has 20 heavy (non-hydrogen) atoms. The number of rotatable bonds is 2. The van der Waals surface area contributed by atoms with E-state index in [9.17, 15) is 0 Å². The lowest BCUT2D eigenvalue weighted by molar-refractivity contribution is 0.265. The van der Waals surface area contributed by atoms with Crippen molar-refractivity contribution in [1.29, 1.82) is 0 Å². The lowest BCUT2D eigenvalue weighted by atomic mass is 9.70. The van der Waals surface area contributed by atoms with Crippen molar-refractivity contribution >= 4 is 5.69 Å². The number of pyridine rings is 1. The van der Waals surface area contributed by atoms with Crippen molar-refractivity contribution in [2.45, 2.75) is 39.7 Å². The third kappa shape index (κ3) is 2.43. The maximum Gasteiger partial charge on any atom is 0.0568 e. The summed E-state index contributed by atoms with van der Waals surface area (Å²) in [5.41, 5.74) is 5.32. The minimum atomic E-state index is 0.249. The maximum atomic E-state index is 4.39. The van der Waals surface area contributed by atoms with Crippen LogP contribution in [0.5, 0.6) is 0 Å². The Hall–Kier alpha value is -1.83. The van der Waals surface area contributed by atoms with Gasteiger partial charge in [-0.3, -0.25) is 4.98 Å². The van der Waals surface area contributed by atoms with Gasteiger partial charge in [-0.2, -0.15) is 0 Å². The molecule has 1 aromatic carbocycles. The molecule has 1 N–H and O–H groups in total. The maximum absolute atomic E-state index is 4.39. The first-order chi connectivity index (χ1) is 9.56. The molecule has 104 valence electrons. The van der Waals surface area contributed by atoms with Gasteiger partial charge in [0, 0.05) is 5.69 Å². The first-order valence-electron chi connectivity index (χ1n) is 7.33. The minimum Gasteiger partial charge on any atom is -0.376 e. The van der Waals surface area contributed by atoms with Crippen molar-refractivity contribution in [2.24, 2.45) is 5.41 Å². The van der Waals surface area contributed by atoms with Gasteiger partial charge in [0.25, 0.3) is 0 Å². The summed E-state index contributed by atoms with van der Waals surface area (Å²) < 4.78 is 0. The molecule has 0 radical (unpaired) electrons. The van der Waals surface area contributed by atoms with Crippen molar-refractivity contribution in [3.63, 3.8) is 0 Å². The number of hydrogen-bond acceptors (Lipinski definition) is 2. The van der Waals surface area contributed by atoms with E-state index in [1.807, 2.05) is 13.1 Å². The van der Waals surface area contributed by atoms with E-state index in [1.54, 1.807) is 0 Å². The molecule has 1 aliphatic carbocycles. The minimum absolute atomic E-state index is 0.249. The van der Waals surface area contributed by atoms with Crippen LogP contribution in [0.2, 0.25) is 0 Å². The molecule has 0 bridgehead atoms. The number of nitrogens with one attached hydrogen (secondary N) is 1. The van der Waals surface area contributed by atoms with Gasteiger partial charge in [-0.25, -0.2) is 0 Å². The number of nitrogens with zero attached hydrogens (tertiary/aromatic N) is 1. The van der Waals surface area contributed by atoms with E-state index in [1.165, 1.54) is 24.0 Å². The predicted octanol–water partition coefficient (Wildman–Crippen LogP) is 4.52. The van der Waals surface area contributed by atoms with E-state index in [2.05, 4.69) is 60.5 Å². The average Bonchev–Trinajstić information content (AvgIpc) is 2.44. The zero-order chi connectivity index (χ0) is 14.2. The molecule has 0 fully saturated rings. The van der Waals surface area contributed by atoms with E-state index in [4.69, 9.17) is 0 Å². The summed E-state index contributed by atoms with van der Waals surface area (Å²) in [6.45, 7) is 6.72. The third-order valence-corrected chi connectivity index (χ3v) is 4.41. The molecule has 0 saturated heterocycles. The van der Waals surface area contributed by atoms with E-state index >= 15 is 0 Å². The SMILES string of the molecule is Cc1ccc(NC2c3ccccc3CCC2(C)C)cn1. The standard InChI is InChI=1S/C18H22N2/c1-13-8-9-15(12-19-13)20-17-16-7-5-4-6-14(16)10-11-18(17,2)3/h4-9,12,17,20H,10-11H2,1-3H3. The predicted molar refractivity (Wildman–Crippen MR) is 83.9 cm³/mol. The summed E-state index contributed by atoms with van der Waals surface area (Å²) in [6.07, 6.45) is 4.32. The van der Waals surface area contributed by atoms with Crippen molar-refractivity contribution in [2.75, 3.05) is 5.32 Å². The van der Waals surface area contributed by atoms with Crippen LogP contribution in [0.25, 0.3) is 0 Å². The molecule has 0 spiro atoms. The van der Waals surface area contributed by atoms with Crippen LogP contribution in [0.15, 0.2) is 42.6 Å². The third-order valence-electron chi connectivity index (χ3n) is 4.41. The molecule has 1 atom stereocenters. The number of aryl methyl sites for hydroxylation is 2. The number of fused-ring (bicyclic) bond motifs is 1. The van der Waals surface area contributed by atoms with Crippen molar-refractivity contribution in [1.82, 2.24) is 4.98 Å². The Morgan fingerprint density at radius 1 is 1.15 bits per heavy atom. The van der Waals surface area contributed by atoms with Crippen LogP contribution in [0.1, 0.15) is 43.1 Å². The van der Waals surface area contributed by atoms with Crippen LogP contribution in [0.3, 0.4) is 0 Å². The topological polar surface area (TPSA) is 24.9 Å². The quantitative estimate of drug-likeness (QED) is 0.864. The number of benzene rings is 1. The molecule has 0 aliphatic heterocycles. The Balaban J connectivity index is 1.95. The second kappa shape index (κ2) is 4.93. The molecule has 0 amide bonds. The van der Waals surface area contributed by atoms with Crippen molar-refractivity contribution in [3.8, 4) is 0 Å².